The number of phenolic OH excluding ortho intramolecular Hbond substituents is 1. The minimum Gasteiger partial charge on any atom is -0.507 e. The molecule has 3 fully saturated rings. The molecule has 5 heterocycles. The number of hydrogen-bond donors (Lipinski definition) is 2. The summed E-state index contributed by atoms with van der Waals surface area (Å²) in [5, 5.41) is 18.7. The lowest BCUT2D eigenvalue weighted by molar-refractivity contribution is -0.150. The number of pyridine rings is 1. The summed E-state index contributed by atoms with van der Waals surface area (Å²) in [6.07, 6.45) is 4.00. The van der Waals surface area contributed by atoms with Crippen molar-refractivity contribution in [3.8, 4) is 28.8 Å². The van der Waals surface area contributed by atoms with E-state index in [1.807, 2.05) is 24.4 Å². The molecule has 0 saturated carbocycles. The lowest BCUT2D eigenvalue weighted by Crippen LogP contribution is -2.54. The van der Waals surface area contributed by atoms with Crippen molar-refractivity contribution >= 4 is 23.2 Å². The van der Waals surface area contributed by atoms with Gasteiger partial charge in [0.15, 0.2) is 5.82 Å². The van der Waals surface area contributed by atoms with Crippen molar-refractivity contribution < 1.29 is 14.6 Å². The van der Waals surface area contributed by atoms with Crippen molar-refractivity contribution in [1.29, 1.82) is 0 Å². The van der Waals surface area contributed by atoms with Crippen LogP contribution in [0.1, 0.15) is 18.5 Å². The lowest BCUT2D eigenvalue weighted by atomic mass is 10.0. The van der Waals surface area contributed by atoms with E-state index in [4.69, 9.17) is 10.5 Å². The first-order valence-corrected chi connectivity index (χ1v) is 13.2. The molecule has 2 bridgehead atoms. The van der Waals surface area contributed by atoms with Gasteiger partial charge in [0, 0.05) is 55.7 Å². The van der Waals surface area contributed by atoms with Crippen LogP contribution in [0.25, 0.3) is 11.3 Å². The third kappa shape index (κ3) is 4.93. The number of aromatic nitrogens is 3. The summed E-state index contributed by atoms with van der Waals surface area (Å²) in [5.74, 6) is 6.76. The van der Waals surface area contributed by atoms with E-state index in [0.29, 0.717) is 48.8 Å². The van der Waals surface area contributed by atoms with Gasteiger partial charge in [-0.15, -0.1) is 10.2 Å². The van der Waals surface area contributed by atoms with Gasteiger partial charge in [0.05, 0.1) is 31.0 Å². The molecule has 2 aromatic heterocycles. The zero-order valence-corrected chi connectivity index (χ0v) is 21.8. The van der Waals surface area contributed by atoms with Gasteiger partial charge in [0.25, 0.3) is 0 Å². The van der Waals surface area contributed by atoms with Gasteiger partial charge in [0.2, 0.25) is 0 Å². The number of esters is 1. The topological polar surface area (TPSA) is 121 Å². The van der Waals surface area contributed by atoms with Crippen LogP contribution in [0.15, 0.2) is 48.7 Å². The highest BCUT2D eigenvalue weighted by Gasteiger charge is 2.41. The van der Waals surface area contributed by atoms with Crippen LogP contribution in [0, 0.1) is 17.8 Å². The number of fused-ring (bicyclic) bond motifs is 2. The minimum absolute atomic E-state index is 0.0391. The van der Waals surface area contributed by atoms with Gasteiger partial charge in [-0.2, -0.15) is 0 Å². The average Bonchev–Trinajstić information content (AvgIpc) is 3.19. The molecule has 10 heteroatoms. The van der Waals surface area contributed by atoms with Crippen molar-refractivity contribution in [2.45, 2.75) is 24.9 Å². The molecule has 0 spiro atoms. The molecule has 3 N–H and O–H groups in total. The predicted octanol–water partition coefficient (Wildman–Crippen LogP) is 2.14. The van der Waals surface area contributed by atoms with Crippen LogP contribution < -0.4 is 15.5 Å². The summed E-state index contributed by atoms with van der Waals surface area (Å²) in [6, 6.07) is 13.8. The standard InChI is InChI=1S/C29H31N7O3/c1-39-29(38)19-15-34(16-19)12-4-5-20-13-21(10-11-31-20)36-22-8-9-23(36)18-35(17-22)26-14-25(32-33-28(26)30)24-6-2-3-7-27(24)37/h2-3,6-7,10-11,13-14,19,22-23,37H,8-9,12,15-18H2,1H3,(H2,30,33). The van der Waals surface area contributed by atoms with Gasteiger partial charge in [-0.25, -0.2) is 4.98 Å². The number of methoxy groups -OCH3 is 1. The Hall–Kier alpha value is -4.36. The second kappa shape index (κ2) is 10.4. The van der Waals surface area contributed by atoms with Gasteiger partial charge in [0.1, 0.15) is 11.4 Å². The van der Waals surface area contributed by atoms with Crippen LogP contribution in [-0.2, 0) is 9.53 Å². The number of aromatic hydroxyl groups is 1. The summed E-state index contributed by atoms with van der Waals surface area (Å²) >= 11 is 0. The molecule has 2 atom stereocenters. The van der Waals surface area contributed by atoms with E-state index >= 15 is 0 Å². The highest BCUT2D eigenvalue weighted by Crippen LogP contribution is 2.39. The monoisotopic (exact) mass is 525 g/mol. The summed E-state index contributed by atoms with van der Waals surface area (Å²) in [5.41, 5.74) is 10.2. The molecule has 3 aromatic rings. The number of nitrogens with zero attached hydrogens (tertiary/aromatic N) is 6. The number of nitrogens with two attached hydrogens (primary N) is 1. The van der Waals surface area contributed by atoms with E-state index in [2.05, 4.69) is 53.9 Å². The number of likely N-dealkylation sites (tertiary alicyclic amines) is 1. The molecular weight excluding hydrogens is 494 g/mol. The molecule has 0 aliphatic carbocycles. The van der Waals surface area contributed by atoms with Crippen LogP contribution in [0.2, 0.25) is 0 Å². The summed E-state index contributed by atoms with van der Waals surface area (Å²) < 4.78 is 4.79. The zero-order chi connectivity index (χ0) is 26.9. The summed E-state index contributed by atoms with van der Waals surface area (Å²) in [6.45, 7) is 3.61. The number of ether oxygens (including phenoxy) is 1. The number of para-hydroxylation sites is 1. The number of hydrogen-bond acceptors (Lipinski definition) is 10. The number of nitrogen functional groups attached to an aromatic ring is 1. The molecule has 0 amide bonds. The Morgan fingerprint density at radius 2 is 1.87 bits per heavy atom. The molecule has 39 heavy (non-hydrogen) atoms. The van der Waals surface area contributed by atoms with Crippen LogP contribution >= 0.6 is 0 Å². The third-order valence-electron chi connectivity index (χ3n) is 7.86. The molecule has 200 valence electrons. The second-order valence-electron chi connectivity index (χ2n) is 10.3. The normalized spacial score (nSPS) is 20.7. The Bertz CT molecular complexity index is 1430. The number of rotatable bonds is 5. The molecule has 6 rings (SSSR count). The molecule has 3 saturated heterocycles. The fourth-order valence-electron chi connectivity index (χ4n) is 5.89. The van der Waals surface area contributed by atoms with Crippen molar-refractivity contribution in [3.05, 3.63) is 54.4 Å². The van der Waals surface area contributed by atoms with Gasteiger partial charge in [-0.1, -0.05) is 18.1 Å². The number of phenols is 1. The first kappa shape index (κ1) is 24.9. The van der Waals surface area contributed by atoms with E-state index in [1.165, 1.54) is 7.11 Å². The minimum atomic E-state index is -0.151. The maximum atomic E-state index is 11.6. The number of benzene rings is 1. The second-order valence-corrected chi connectivity index (χ2v) is 10.3. The quantitative estimate of drug-likeness (QED) is 0.379. The smallest absolute Gasteiger partial charge is 0.311 e. The fraction of sp³-hybridized carbons (Fsp3) is 0.379. The SMILES string of the molecule is COC(=O)C1CN(CC#Cc2cc(N3C4CCC3CN(c3cc(-c5ccccc5O)nnc3N)C4)ccn2)C1. The van der Waals surface area contributed by atoms with Crippen LogP contribution in [0.5, 0.6) is 5.75 Å². The van der Waals surface area contributed by atoms with Crippen molar-refractivity contribution in [2.24, 2.45) is 5.92 Å². The van der Waals surface area contributed by atoms with Gasteiger partial charge >= 0.3 is 5.97 Å². The molecule has 3 aliphatic rings. The highest BCUT2D eigenvalue weighted by atomic mass is 16.5. The van der Waals surface area contributed by atoms with E-state index in [9.17, 15) is 9.90 Å². The Labute approximate surface area is 227 Å². The Morgan fingerprint density at radius 3 is 2.62 bits per heavy atom. The number of piperazine rings is 1. The van der Waals surface area contributed by atoms with Crippen LogP contribution in [0.4, 0.5) is 17.2 Å². The van der Waals surface area contributed by atoms with E-state index in [1.54, 1.807) is 12.1 Å². The summed E-state index contributed by atoms with van der Waals surface area (Å²) in [7, 11) is 1.43. The van der Waals surface area contributed by atoms with Crippen molar-refractivity contribution in [1.82, 2.24) is 20.1 Å². The molecule has 2 unspecified atom stereocenters. The predicted molar refractivity (Wildman–Crippen MR) is 148 cm³/mol. The lowest BCUT2D eigenvalue weighted by Gasteiger charge is -2.43. The Balaban J connectivity index is 1.14. The molecule has 3 aliphatic heterocycles. The zero-order valence-electron chi connectivity index (χ0n) is 21.8. The van der Waals surface area contributed by atoms with Crippen LogP contribution in [-0.4, -0.2) is 83.1 Å². The van der Waals surface area contributed by atoms with Gasteiger partial charge < -0.3 is 25.4 Å². The third-order valence-corrected chi connectivity index (χ3v) is 7.86. The largest absolute Gasteiger partial charge is 0.507 e. The molecule has 10 nitrogen and oxygen atoms in total. The molecule has 0 radical (unpaired) electrons. The van der Waals surface area contributed by atoms with Crippen molar-refractivity contribution in [3.63, 3.8) is 0 Å². The van der Waals surface area contributed by atoms with E-state index < -0.39 is 0 Å². The Morgan fingerprint density at radius 1 is 1.10 bits per heavy atom. The van der Waals surface area contributed by atoms with Crippen LogP contribution in [0.3, 0.4) is 0 Å². The molecular formula is C29H31N7O3. The maximum absolute atomic E-state index is 11.6. The van der Waals surface area contributed by atoms with Gasteiger partial charge in [-0.3, -0.25) is 9.69 Å². The molecule has 1 aromatic carbocycles. The average molecular weight is 526 g/mol. The fourth-order valence-corrected chi connectivity index (χ4v) is 5.89. The number of anilines is 3. The van der Waals surface area contributed by atoms with Crippen molar-refractivity contribution in [2.75, 3.05) is 55.4 Å². The first-order chi connectivity index (χ1) is 19.0. The van der Waals surface area contributed by atoms with Gasteiger partial charge in [-0.05, 0) is 49.1 Å². The highest BCUT2D eigenvalue weighted by molar-refractivity contribution is 5.75. The first-order valence-electron chi connectivity index (χ1n) is 13.2. The number of carbonyl (C=O) groups excluding carboxylic acids is 1. The maximum Gasteiger partial charge on any atom is 0.311 e. The van der Waals surface area contributed by atoms with E-state index in [-0.39, 0.29) is 17.6 Å². The van der Waals surface area contributed by atoms with E-state index in [0.717, 1.165) is 43.0 Å². The number of carbonyl (C=O) groups is 1. The summed E-state index contributed by atoms with van der Waals surface area (Å²) in [4.78, 5) is 22.9. The Kier molecular flexibility index (Phi) is 6.67.